The standard InChI is InChI=1S/C13H18N4O/c1-2-3-10-15-13(18)17-12-8-4-6-11(16-12)7-5-9-14/h4,6,8H,2-3,9-10,14H2,1H3,(H2,15,16,17,18). The van der Waals surface area contributed by atoms with E-state index in [2.05, 4.69) is 34.4 Å². The lowest BCUT2D eigenvalue weighted by Gasteiger charge is -2.06. The molecule has 0 spiro atoms. The van der Waals surface area contributed by atoms with E-state index in [0.717, 1.165) is 12.8 Å². The zero-order chi connectivity index (χ0) is 13.2. The number of amides is 2. The predicted molar refractivity (Wildman–Crippen MR) is 72.1 cm³/mol. The summed E-state index contributed by atoms with van der Waals surface area (Å²) in [7, 11) is 0. The Labute approximate surface area is 107 Å². The van der Waals surface area contributed by atoms with Gasteiger partial charge in [0.25, 0.3) is 0 Å². The third kappa shape index (κ3) is 5.32. The summed E-state index contributed by atoms with van der Waals surface area (Å²) in [5.74, 6) is 6.01. The Balaban J connectivity index is 2.53. The summed E-state index contributed by atoms with van der Waals surface area (Å²) in [4.78, 5) is 15.7. The van der Waals surface area contributed by atoms with Crippen LogP contribution < -0.4 is 16.4 Å². The van der Waals surface area contributed by atoms with Crippen molar-refractivity contribution in [2.75, 3.05) is 18.4 Å². The minimum Gasteiger partial charge on any atom is -0.338 e. The van der Waals surface area contributed by atoms with Gasteiger partial charge in [0.15, 0.2) is 0 Å². The van der Waals surface area contributed by atoms with Crippen LogP contribution in [-0.4, -0.2) is 24.1 Å². The minimum atomic E-state index is -0.250. The molecular weight excluding hydrogens is 228 g/mol. The summed E-state index contributed by atoms with van der Waals surface area (Å²) in [6.45, 7) is 3.02. The highest BCUT2D eigenvalue weighted by molar-refractivity contribution is 5.88. The number of aromatic nitrogens is 1. The van der Waals surface area contributed by atoms with E-state index >= 15 is 0 Å². The second kappa shape index (κ2) is 8.09. The number of hydrogen-bond acceptors (Lipinski definition) is 3. The van der Waals surface area contributed by atoms with Crippen molar-refractivity contribution in [3.05, 3.63) is 23.9 Å². The van der Waals surface area contributed by atoms with Crippen LogP contribution in [0.5, 0.6) is 0 Å². The van der Waals surface area contributed by atoms with Gasteiger partial charge < -0.3 is 11.1 Å². The van der Waals surface area contributed by atoms with Crippen molar-refractivity contribution in [2.24, 2.45) is 5.73 Å². The SMILES string of the molecule is CCCCNC(=O)Nc1cccc(C#CCN)n1. The molecule has 96 valence electrons. The molecule has 0 aliphatic carbocycles. The van der Waals surface area contributed by atoms with Crippen LogP contribution in [0.15, 0.2) is 18.2 Å². The molecule has 0 saturated heterocycles. The molecule has 5 nitrogen and oxygen atoms in total. The van der Waals surface area contributed by atoms with Crippen LogP contribution in [0.2, 0.25) is 0 Å². The molecule has 5 heteroatoms. The van der Waals surface area contributed by atoms with Gasteiger partial charge in [-0.1, -0.05) is 25.3 Å². The van der Waals surface area contributed by atoms with E-state index in [-0.39, 0.29) is 12.6 Å². The Kier molecular flexibility index (Phi) is 6.30. The van der Waals surface area contributed by atoms with E-state index in [1.807, 2.05) is 0 Å². The number of nitrogens with two attached hydrogens (primary N) is 1. The molecule has 1 aromatic heterocycles. The molecule has 0 aliphatic heterocycles. The molecule has 0 atom stereocenters. The highest BCUT2D eigenvalue weighted by Crippen LogP contribution is 2.03. The number of unbranched alkanes of at least 4 members (excludes halogenated alkanes) is 1. The summed E-state index contributed by atoms with van der Waals surface area (Å²) >= 11 is 0. The van der Waals surface area contributed by atoms with Gasteiger partial charge in [0.1, 0.15) is 11.5 Å². The van der Waals surface area contributed by atoms with E-state index in [1.54, 1.807) is 18.2 Å². The normalized spacial score (nSPS) is 9.22. The maximum atomic E-state index is 11.5. The van der Waals surface area contributed by atoms with Crippen LogP contribution in [0.25, 0.3) is 0 Å². The van der Waals surface area contributed by atoms with Crippen LogP contribution in [0.3, 0.4) is 0 Å². The van der Waals surface area contributed by atoms with Crippen molar-refractivity contribution < 1.29 is 4.79 Å². The molecule has 2 amide bonds. The highest BCUT2D eigenvalue weighted by atomic mass is 16.2. The summed E-state index contributed by atoms with van der Waals surface area (Å²) in [5, 5.41) is 5.41. The Morgan fingerprint density at radius 2 is 2.33 bits per heavy atom. The molecule has 4 N–H and O–H groups in total. The van der Waals surface area contributed by atoms with E-state index in [0.29, 0.717) is 18.1 Å². The molecule has 0 radical (unpaired) electrons. The van der Waals surface area contributed by atoms with Gasteiger partial charge in [0.2, 0.25) is 0 Å². The summed E-state index contributed by atoms with van der Waals surface area (Å²) < 4.78 is 0. The highest BCUT2D eigenvalue weighted by Gasteiger charge is 2.01. The third-order valence-corrected chi connectivity index (χ3v) is 2.13. The lowest BCUT2D eigenvalue weighted by molar-refractivity contribution is 0.252. The first-order valence-electron chi connectivity index (χ1n) is 5.97. The average Bonchev–Trinajstić information content (AvgIpc) is 2.37. The maximum Gasteiger partial charge on any atom is 0.320 e. The molecule has 0 aliphatic rings. The van der Waals surface area contributed by atoms with Crippen LogP contribution >= 0.6 is 0 Å². The molecule has 0 bridgehead atoms. The average molecular weight is 246 g/mol. The molecule has 18 heavy (non-hydrogen) atoms. The van der Waals surface area contributed by atoms with Gasteiger partial charge in [0.05, 0.1) is 6.54 Å². The van der Waals surface area contributed by atoms with Crippen LogP contribution in [0, 0.1) is 11.8 Å². The zero-order valence-corrected chi connectivity index (χ0v) is 10.5. The summed E-state index contributed by atoms with van der Waals surface area (Å²) in [6, 6.07) is 5.02. The van der Waals surface area contributed by atoms with Gasteiger partial charge in [-0.15, -0.1) is 0 Å². The second-order valence-electron chi connectivity index (χ2n) is 3.65. The molecule has 1 heterocycles. The second-order valence-corrected chi connectivity index (χ2v) is 3.65. The van der Waals surface area contributed by atoms with Gasteiger partial charge in [-0.2, -0.15) is 0 Å². The molecule has 1 aromatic rings. The summed E-state index contributed by atoms with van der Waals surface area (Å²) in [6.07, 6.45) is 2.01. The fourth-order valence-corrected chi connectivity index (χ4v) is 1.25. The van der Waals surface area contributed by atoms with Crippen LogP contribution in [-0.2, 0) is 0 Å². The summed E-state index contributed by atoms with van der Waals surface area (Å²) in [5.41, 5.74) is 5.87. The van der Waals surface area contributed by atoms with E-state index in [1.165, 1.54) is 0 Å². The van der Waals surface area contributed by atoms with E-state index in [4.69, 9.17) is 5.73 Å². The number of rotatable bonds is 4. The number of urea groups is 1. The predicted octanol–water partition coefficient (Wildman–Crippen LogP) is 1.31. The first-order valence-corrected chi connectivity index (χ1v) is 5.97. The first-order chi connectivity index (χ1) is 8.76. The molecule has 1 rings (SSSR count). The van der Waals surface area contributed by atoms with Crippen molar-refractivity contribution in [3.8, 4) is 11.8 Å². The van der Waals surface area contributed by atoms with Crippen LogP contribution in [0.1, 0.15) is 25.5 Å². The van der Waals surface area contributed by atoms with Crippen molar-refractivity contribution in [2.45, 2.75) is 19.8 Å². The smallest absolute Gasteiger partial charge is 0.320 e. The number of nitrogens with zero attached hydrogens (tertiary/aromatic N) is 1. The zero-order valence-electron chi connectivity index (χ0n) is 10.5. The van der Waals surface area contributed by atoms with Crippen molar-refractivity contribution >= 4 is 11.8 Å². The van der Waals surface area contributed by atoms with Crippen molar-refractivity contribution in [1.82, 2.24) is 10.3 Å². The fourth-order valence-electron chi connectivity index (χ4n) is 1.25. The van der Waals surface area contributed by atoms with Crippen LogP contribution in [0.4, 0.5) is 10.6 Å². The number of carbonyl (C=O) groups excluding carboxylic acids is 1. The largest absolute Gasteiger partial charge is 0.338 e. The third-order valence-electron chi connectivity index (χ3n) is 2.13. The topological polar surface area (TPSA) is 80.0 Å². The molecular formula is C13H18N4O. The number of anilines is 1. The molecule has 0 saturated carbocycles. The van der Waals surface area contributed by atoms with E-state index in [9.17, 15) is 4.79 Å². The van der Waals surface area contributed by atoms with E-state index < -0.39 is 0 Å². The Morgan fingerprint density at radius 1 is 1.50 bits per heavy atom. The monoisotopic (exact) mass is 246 g/mol. The first kappa shape index (κ1) is 14.0. The number of nitrogens with one attached hydrogen (secondary N) is 2. The van der Waals surface area contributed by atoms with Gasteiger partial charge in [-0.3, -0.25) is 5.32 Å². The van der Waals surface area contributed by atoms with Gasteiger partial charge in [-0.25, -0.2) is 9.78 Å². The Bertz CT molecular complexity index is 448. The van der Waals surface area contributed by atoms with Crippen molar-refractivity contribution in [1.29, 1.82) is 0 Å². The quantitative estimate of drug-likeness (QED) is 0.553. The lowest BCUT2D eigenvalue weighted by atomic mass is 10.3. The van der Waals surface area contributed by atoms with Gasteiger partial charge >= 0.3 is 6.03 Å². The molecule has 0 unspecified atom stereocenters. The number of carbonyl (C=O) groups is 1. The minimum absolute atomic E-state index is 0.250. The fraction of sp³-hybridized carbons (Fsp3) is 0.385. The number of pyridine rings is 1. The lowest BCUT2D eigenvalue weighted by Crippen LogP contribution is -2.29. The molecule has 0 fully saturated rings. The Morgan fingerprint density at radius 3 is 3.06 bits per heavy atom. The van der Waals surface area contributed by atoms with Gasteiger partial charge in [-0.05, 0) is 24.5 Å². The number of hydrogen-bond donors (Lipinski definition) is 3. The molecule has 0 aromatic carbocycles. The van der Waals surface area contributed by atoms with Crippen molar-refractivity contribution in [3.63, 3.8) is 0 Å². The maximum absolute atomic E-state index is 11.5. The Hall–Kier alpha value is -2.06. The van der Waals surface area contributed by atoms with Gasteiger partial charge in [0, 0.05) is 6.54 Å².